The van der Waals surface area contributed by atoms with Crippen molar-refractivity contribution < 1.29 is 19.1 Å². The molecule has 1 fully saturated rings. The normalized spacial score (nSPS) is 20.3. The maximum absolute atomic E-state index is 12.4. The Balaban J connectivity index is 1.79. The minimum absolute atomic E-state index is 0.162. The standard InChI is InChI=1S/C17H21ClN2O4/c1-10(2)6-13-16(21)20(17(22)19-13)9-11-7-12(18)15-14(8-11)23-4-3-5-24-15/h7-8,10,13H,3-6,9H2,1-2H3,(H,19,22)/t13-/m1/s1. The first-order valence-electron chi connectivity index (χ1n) is 8.15. The lowest BCUT2D eigenvalue weighted by Gasteiger charge is -2.16. The van der Waals surface area contributed by atoms with E-state index in [2.05, 4.69) is 5.32 Å². The second kappa shape index (κ2) is 6.89. The summed E-state index contributed by atoms with van der Waals surface area (Å²) in [6, 6.07) is 2.68. The molecule has 0 aromatic heterocycles. The number of benzene rings is 1. The van der Waals surface area contributed by atoms with Crippen molar-refractivity contribution in [3.05, 3.63) is 22.7 Å². The van der Waals surface area contributed by atoms with E-state index in [9.17, 15) is 9.59 Å². The predicted octanol–water partition coefficient (Wildman–Crippen LogP) is 2.97. The van der Waals surface area contributed by atoms with Crippen LogP contribution >= 0.6 is 11.6 Å². The summed E-state index contributed by atoms with van der Waals surface area (Å²) in [4.78, 5) is 25.8. The average molecular weight is 353 g/mol. The second-order valence-corrected chi connectivity index (χ2v) is 6.92. The van der Waals surface area contributed by atoms with E-state index in [1.807, 2.05) is 13.8 Å². The van der Waals surface area contributed by atoms with Crippen LogP contribution in [0.15, 0.2) is 12.1 Å². The van der Waals surface area contributed by atoms with Crippen molar-refractivity contribution in [3.8, 4) is 11.5 Å². The number of rotatable bonds is 4. The van der Waals surface area contributed by atoms with Crippen LogP contribution in [0, 0.1) is 5.92 Å². The molecule has 130 valence electrons. The van der Waals surface area contributed by atoms with Gasteiger partial charge in [-0.2, -0.15) is 0 Å². The molecule has 2 aliphatic rings. The van der Waals surface area contributed by atoms with Crippen LogP contribution in [-0.2, 0) is 11.3 Å². The monoisotopic (exact) mass is 352 g/mol. The van der Waals surface area contributed by atoms with Gasteiger partial charge in [0.05, 0.1) is 24.8 Å². The number of halogens is 1. The average Bonchev–Trinajstić information content (AvgIpc) is 2.70. The summed E-state index contributed by atoms with van der Waals surface area (Å²) in [5.74, 6) is 1.21. The van der Waals surface area contributed by atoms with Crippen LogP contribution in [0.2, 0.25) is 5.02 Å². The van der Waals surface area contributed by atoms with Gasteiger partial charge in [0.1, 0.15) is 6.04 Å². The first-order valence-corrected chi connectivity index (χ1v) is 8.53. The highest BCUT2D eigenvalue weighted by Gasteiger charge is 2.38. The fourth-order valence-corrected chi connectivity index (χ4v) is 3.20. The number of hydrogen-bond acceptors (Lipinski definition) is 4. The van der Waals surface area contributed by atoms with Crippen molar-refractivity contribution in [1.82, 2.24) is 10.2 Å². The SMILES string of the molecule is CC(C)C[C@H]1NC(=O)N(Cc2cc(Cl)c3c(c2)OCCCO3)C1=O. The molecule has 0 unspecified atom stereocenters. The number of carbonyl (C=O) groups excluding carboxylic acids is 2. The number of urea groups is 1. The van der Waals surface area contributed by atoms with E-state index in [1.165, 1.54) is 4.90 Å². The van der Waals surface area contributed by atoms with Crippen molar-refractivity contribution in [2.75, 3.05) is 13.2 Å². The summed E-state index contributed by atoms with van der Waals surface area (Å²) in [5, 5.41) is 3.17. The molecule has 2 aliphatic heterocycles. The highest BCUT2D eigenvalue weighted by Crippen LogP contribution is 2.38. The molecule has 1 atom stereocenters. The lowest BCUT2D eigenvalue weighted by atomic mass is 10.0. The molecule has 3 rings (SSSR count). The molecule has 1 aromatic rings. The lowest BCUT2D eigenvalue weighted by Crippen LogP contribution is -2.31. The number of imide groups is 1. The third-order valence-electron chi connectivity index (χ3n) is 4.02. The maximum atomic E-state index is 12.4. The number of nitrogens with one attached hydrogen (secondary N) is 1. The fraction of sp³-hybridized carbons (Fsp3) is 0.529. The molecule has 3 amide bonds. The molecule has 1 saturated heterocycles. The van der Waals surface area contributed by atoms with E-state index < -0.39 is 6.04 Å². The van der Waals surface area contributed by atoms with Gasteiger partial charge in [-0.25, -0.2) is 4.79 Å². The van der Waals surface area contributed by atoms with Crippen molar-refractivity contribution in [2.45, 2.75) is 39.3 Å². The molecule has 0 aliphatic carbocycles. The van der Waals surface area contributed by atoms with E-state index >= 15 is 0 Å². The Kier molecular flexibility index (Phi) is 4.85. The minimum atomic E-state index is -0.451. The zero-order valence-electron chi connectivity index (χ0n) is 13.8. The Bertz CT molecular complexity index is 662. The second-order valence-electron chi connectivity index (χ2n) is 6.51. The molecule has 0 bridgehead atoms. The number of ether oxygens (including phenoxy) is 2. The third-order valence-corrected chi connectivity index (χ3v) is 4.30. The Morgan fingerprint density at radius 3 is 2.79 bits per heavy atom. The van der Waals surface area contributed by atoms with Crippen molar-refractivity contribution in [2.24, 2.45) is 5.92 Å². The maximum Gasteiger partial charge on any atom is 0.325 e. The molecule has 0 radical (unpaired) electrons. The molecule has 2 heterocycles. The molecule has 0 saturated carbocycles. The zero-order valence-corrected chi connectivity index (χ0v) is 14.6. The highest BCUT2D eigenvalue weighted by molar-refractivity contribution is 6.32. The summed E-state index contributed by atoms with van der Waals surface area (Å²) in [6.07, 6.45) is 1.41. The molecule has 0 spiro atoms. The van der Waals surface area contributed by atoms with Gasteiger partial charge >= 0.3 is 6.03 Å². The first kappa shape index (κ1) is 16.9. The molecule has 1 N–H and O–H groups in total. The van der Waals surface area contributed by atoms with Crippen LogP contribution in [0.25, 0.3) is 0 Å². The van der Waals surface area contributed by atoms with Crippen LogP contribution in [-0.4, -0.2) is 36.1 Å². The first-order chi connectivity index (χ1) is 11.5. The fourth-order valence-electron chi connectivity index (χ4n) is 2.92. The van der Waals surface area contributed by atoms with Crippen molar-refractivity contribution >= 4 is 23.5 Å². The predicted molar refractivity (Wildman–Crippen MR) is 89.4 cm³/mol. The summed E-state index contributed by atoms with van der Waals surface area (Å²) < 4.78 is 11.2. The van der Waals surface area contributed by atoms with E-state index in [0.29, 0.717) is 42.1 Å². The van der Waals surface area contributed by atoms with Crippen molar-refractivity contribution in [1.29, 1.82) is 0 Å². The van der Waals surface area contributed by atoms with Crippen molar-refractivity contribution in [3.63, 3.8) is 0 Å². The zero-order chi connectivity index (χ0) is 17.3. The van der Waals surface area contributed by atoms with E-state index in [4.69, 9.17) is 21.1 Å². The number of fused-ring (bicyclic) bond motifs is 1. The smallest absolute Gasteiger partial charge is 0.325 e. The quantitative estimate of drug-likeness (QED) is 0.846. The lowest BCUT2D eigenvalue weighted by molar-refractivity contribution is -0.128. The summed E-state index contributed by atoms with van der Waals surface area (Å²) in [5.41, 5.74) is 0.734. The van der Waals surface area contributed by atoms with Crippen LogP contribution in [0.1, 0.15) is 32.3 Å². The molecule has 6 nitrogen and oxygen atoms in total. The molecular weight excluding hydrogens is 332 g/mol. The van der Waals surface area contributed by atoms with Gasteiger partial charge in [-0.05, 0) is 30.0 Å². The van der Waals surface area contributed by atoms with Gasteiger partial charge in [-0.3, -0.25) is 9.69 Å². The number of amides is 3. The van der Waals surface area contributed by atoms with Gasteiger partial charge in [0.25, 0.3) is 5.91 Å². The van der Waals surface area contributed by atoms with Gasteiger partial charge in [-0.15, -0.1) is 0 Å². The number of hydrogen-bond donors (Lipinski definition) is 1. The third kappa shape index (κ3) is 3.43. The van der Waals surface area contributed by atoms with Gasteiger partial charge < -0.3 is 14.8 Å². The Labute approximate surface area is 146 Å². The van der Waals surface area contributed by atoms with Crippen LogP contribution in [0.4, 0.5) is 4.79 Å². The van der Waals surface area contributed by atoms with Gasteiger partial charge in [0, 0.05) is 6.42 Å². The van der Waals surface area contributed by atoms with E-state index in [1.54, 1.807) is 12.1 Å². The van der Waals surface area contributed by atoms with Crippen LogP contribution in [0.3, 0.4) is 0 Å². The largest absolute Gasteiger partial charge is 0.489 e. The summed E-state index contributed by atoms with van der Waals surface area (Å²) >= 11 is 6.27. The van der Waals surface area contributed by atoms with Gasteiger partial charge in [0.2, 0.25) is 0 Å². The molecular formula is C17H21ClN2O4. The summed E-state index contributed by atoms with van der Waals surface area (Å²) in [6.45, 7) is 5.30. The Morgan fingerprint density at radius 2 is 2.04 bits per heavy atom. The molecule has 7 heteroatoms. The molecule has 24 heavy (non-hydrogen) atoms. The highest BCUT2D eigenvalue weighted by atomic mass is 35.5. The van der Waals surface area contributed by atoms with Crippen LogP contribution in [0.5, 0.6) is 11.5 Å². The van der Waals surface area contributed by atoms with Gasteiger partial charge in [-0.1, -0.05) is 25.4 Å². The Hall–Kier alpha value is -1.95. The summed E-state index contributed by atoms with van der Waals surface area (Å²) in [7, 11) is 0. The van der Waals surface area contributed by atoms with E-state index in [-0.39, 0.29) is 18.5 Å². The van der Waals surface area contributed by atoms with Crippen LogP contribution < -0.4 is 14.8 Å². The number of nitrogens with zero attached hydrogens (tertiary/aromatic N) is 1. The topological polar surface area (TPSA) is 67.9 Å². The Morgan fingerprint density at radius 1 is 1.29 bits per heavy atom. The minimum Gasteiger partial charge on any atom is -0.489 e. The van der Waals surface area contributed by atoms with Gasteiger partial charge in [0.15, 0.2) is 11.5 Å². The van der Waals surface area contributed by atoms with E-state index in [0.717, 1.165) is 12.0 Å². The molecule has 1 aromatic carbocycles. The number of carbonyl (C=O) groups is 2.